The lowest BCUT2D eigenvalue weighted by molar-refractivity contribution is -0.138. The molecule has 0 aromatic heterocycles. The molecule has 1 N–H and O–H groups in total. The molecule has 1 aromatic carbocycles. The Labute approximate surface area is 88.5 Å². The number of hydrogen-bond acceptors (Lipinski definition) is 1. The standard InChI is InChI=1S/C11H13ClO2/c1-3-8(11(13)14)9-6-7(2)4-5-10(9)12/h4-6,8H,3H2,1-2H3,(H,13,14). The molecule has 14 heavy (non-hydrogen) atoms. The maximum atomic E-state index is 10.9. The summed E-state index contributed by atoms with van der Waals surface area (Å²) >= 11 is 5.95. The lowest BCUT2D eigenvalue weighted by Crippen LogP contribution is -2.11. The Morgan fingerprint density at radius 1 is 1.57 bits per heavy atom. The maximum absolute atomic E-state index is 10.9. The molecule has 0 spiro atoms. The number of benzene rings is 1. The zero-order valence-electron chi connectivity index (χ0n) is 8.25. The zero-order chi connectivity index (χ0) is 10.7. The highest BCUT2D eigenvalue weighted by atomic mass is 35.5. The second-order valence-electron chi connectivity index (χ2n) is 3.32. The van der Waals surface area contributed by atoms with Gasteiger partial charge in [-0.15, -0.1) is 0 Å². The summed E-state index contributed by atoms with van der Waals surface area (Å²) in [5.74, 6) is -1.32. The molecule has 0 aliphatic heterocycles. The lowest BCUT2D eigenvalue weighted by atomic mass is 9.95. The minimum atomic E-state index is -0.819. The SMILES string of the molecule is CCC(C(=O)O)c1cc(C)ccc1Cl. The first-order valence-corrected chi connectivity index (χ1v) is 4.93. The van der Waals surface area contributed by atoms with Crippen LogP contribution in [0.4, 0.5) is 0 Å². The fourth-order valence-corrected chi connectivity index (χ4v) is 1.71. The van der Waals surface area contributed by atoms with Crippen molar-refractivity contribution in [1.82, 2.24) is 0 Å². The maximum Gasteiger partial charge on any atom is 0.311 e. The highest BCUT2D eigenvalue weighted by Crippen LogP contribution is 2.28. The summed E-state index contributed by atoms with van der Waals surface area (Å²) in [6.45, 7) is 3.77. The fraction of sp³-hybridized carbons (Fsp3) is 0.364. The Kier molecular flexibility index (Phi) is 3.53. The first-order chi connectivity index (χ1) is 6.56. The minimum absolute atomic E-state index is 0.498. The molecule has 0 saturated carbocycles. The number of carbonyl (C=O) groups is 1. The van der Waals surface area contributed by atoms with Crippen LogP contribution in [0.2, 0.25) is 5.02 Å². The van der Waals surface area contributed by atoms with Crippen molar-refractivity contribution >= 4 is 17.6 Å². The molecule has 0 radical (unpaired) electrons. The first-order valence-electron chi connectivity index (χ1n) is 4.55. The molecule has 1 rings (SSSR count). The average molecular weight is 213 g/mol. The number of carboxylic acid groups (broad SMARTS) is 1. The zero-order valence-corrected chi connectivity index (χ0v) is 9.01. The molecule has 1 aromatic rings. The Bertz CT molecular complexity index is 347. The van der Waals surface area contributed by atoms with E-state index in [1.807, 2.05) is 26.0 Å². The summed E-state index contributed by atoms with van der Waals surface area (Å²) in [4.78, 5) is 10.9. The van der Waals surface area contributed by atoms with Crippen LogP contribution in [0.15, 0.2) is 18.2 Å². The van der Waals surface area contributed by atoms with Gasteiger partial charge in [0.05, 0.1) is 5.92 Å². The van der Waals surface area contributed by atoms with Crippen molar-refractivity contribution in [3.05, 3.63) is 34.3 Å². The second kappa shape index (κ2) is 4.47. The van der Waals surface area contributed by atoms with Crippen molar-refractivity contribution in [2.24, 2.45) is 0 Å². The quantitative estimate of drug-likeness (QED) is 0.835. The smallest absolute Gasteiger partial charge is 0.311 e. The summed E-state index contributed by atoms with van der Waals surface area (Å²) in [7, 11) is 0. The Morgan fingerprint density at radius 2 is 2.21 bits per heavy atom. The van der Waals surface area contributed by atoms with Gasteiger partial charge in [0.2, 0.25) is 0 Å². The van der Waals surface area contributed by atoms with E-state index in [0.29, 0.717) is 17.0 Å². The van der Waals surface area contributed by atoms with E-state index in [2.05, 4.69) is 0 Å². The van der Waals surface area contributed by atoms with E-state index < -0.39 is 11.9 Å². The van der Waals surface area contributed by atoms with Crippen LogP contribution in [-0.4, -0.2) is 11.1 Å². The summed E-state index contributed by atoms with van der Waals surface area (Å²) in [6, 6.07) is 5.46. The highest BCUT2D eigenvalue weighted by Gasteiger charge is 2.19. The van der Waals surface area contributed by atoms with Crippen LogP contribution < -0.4 is 0 Å². The molecule has 3 heteroatoms. The van der Waals surface area contributed by atoms with E-state index in [9.17, 15) is 4.79 Å². The van der Waals surface area contributed by atoms with E-state index in [-0.39, 0.29) is 0 Å². The van der Waals surface area contributed by atoms with Crippen LogP contribution in [0.25, 0.3) is 0 Å². The number of rotatable bonds is 3. The van der Waals surface area contributed by atoms with Gasteiger partial charge in [-0.25, -0.2) is 0 Å². The third-order valence-corrected chi connectivity index (χ3v) is 2.58. The van der Waals surface area contributed by atoms with E-state index in [4.69, 9.17) is 16.7 Å². The van der Waals surface area contributed by atoms with Gasteiger partial charge < -0.3 is 5.11 Å². The van der Waals surface area contributed by atoms with Crippen molar-refractivity contribution in [1.29, 1.82) is 0 Å². The second-order valence-corrected chi connectivity index (χ2v) is 3.73. The minimum Gasteiger partial charge on any atom is -0.481 e. The van der Waals surface area contributed by atoms with E-state index >= 15 is 0 Å². The Morgan fingerprint density at radius 3 is 2.71 bits per heavy atom. The first kappa shape index (κ1) is 11.1. The molecular formula is C11H13ClO2. The number of aliphatic carboxylic acids is 1. The van der Waals surface area contributed by atoms with Gasteiger partial charge in [0.25, 0.3) is 0 Å². The third-order valence-electron chi connectivity index (χ3n) is 2.23. The number of carboxylic acids is 1. The van der Waals surface area contributed by atoms with Crippen molar-refractivity contribution in [2.75, 3.05) is 0 Å². The molecule has 0 heterocycles. The summed E-state index contributed by atoms with van der Waals surface area (Å²) < 4.78 is 0. The summed E-state index contributed by atoms with van der Waals surface area (Å²) in [5, 5.41) is 9.52. The molecular weight excluding hydrogens is 200 g/mol. The van der Waals surface area contributed by atoms with Gasteiger partial charge in [-0.3, -0.25) is 4.79 Å². The third kappa shape index (κ3) is 2.26. The number of halogens is 1. The van der Waals surface area contributed by atoms with Crippen LogP contribution in [0.1, 0.15) is 30.4 Å². The van der Waals surface area contributed by atoms with Crippen molar-refractivity contribution in [3.8, 4) is 0 Å². The summed E-state index contributed by atoms with van der Waals surface area (Å²) in [6.07, 6.45) is 0.554. The van der Waals surface area contributed by atoms with Gasteiger partial charge in [0, 0.05) is 5.02 Å². The van der Waals surface area contributed by atoms with Crippen LogP contribution in [-0.2, 0) is 4.79 Å². The van der Waals surface area contributed by atoms with E-state index in [1.165, 1.54) is 0 Å². The molecule has 0 aliphatic rings. The van der Waals surface area contributed by atoms with Gasteiger partial charge >= 0.3 is 5.97 Å². The van der Waals surface area contributed by atoms with Crippen molar-refractivity contribution in [2.45, 2.75) is 26.2 Å². The number of hydrogen-bond donors (Lipinski definition) is 1. The summed E-state index contributed by atoms with van der Waals surface area (Å²) in [5.41, 5.74) is 1.74. The van der Waals surface area contributed by atoms with Crippen LogP contribution in [0, 0.1) is 6.92 Å². The molecule has 1 atom stereocenters. The predicted molar refractivity (Wildman–Crippen MR) is 56.9 cm³/mol. The van der Waals surface area contributed by atoms with Crippen LogP contribution in [0.3, 0.4) is 0 Å². The Balaban J connectivity index is 3.15. The topological polar surface area (TPSA) is 37.3 Å². The number of aryl methyl sites for hydroxylation is 1. The molecule has 0 saturated heterocycles. The molecule has 1 unspecified atom stereocenters. The lowest BCUT2D eigenvalue weighted by Gasteiger charge is -2.12. The average Bonchev–Trinajstić information content (AvgIpc) is 2.11. The van der Waals surface area contributed by atoms with Crippen molar-refractivity contribution < 1.29 is 9.90 Å². The molecule has 0 fully saturated rings. The molecule has 0 aliphatic carbocycles. The van der Waals surface area contributed by atoms with Crippen LogP contribution >= 0.6 is 11.6 Å². The fourth-order valence-electron chi connectivity index (χ4n) is 1.46. The molecule has 76 valence electrons. The van der Waals surface area contributed by atoms with Gasteiger partial charge in [-0.1, -0.05) is 36.2 Å². The normalized spacial score (nSPS) is 12.5. The monoisotopic (exact) mass is 212 g/mol. The van der Waals surface area contributed by atoms with Gasteiger partial charge in [-0.05, 0) is 25.0 Å². The van der Waals surface area contributed by atoms with Gasteiger partial charge in [0.15, 0.2) is 0 Å². The van der Waals surface area contributed by atoms with E-state index in [1.54, 1.807) is 6.07 Å². The van der Waals surface area contributed by atoms with E-state index in [0.717, 1.165) is 5.56 Å². The molecule has 0 bridgehead atoms. The largest absolute Gasteiger partial charge is 0.481 e. The highest BCUT2D eigenvalue weighted by molar-refractivity contribution is 6.31. The van der Waals surface area contributed by atoms with Crippen LogP contribution in [0.5, 0.6) is 0 Å². The van der Waals surface area contributed by atoms with Crippen molar-refractivity contribution in [3.63, 3.8) is 0 Å². The van der Waals surface area contributed by atoms with Gasteiger partial charge in [0.1, 0.15) is 0 Å². The predicted octanol–water partition coefficient (Wildman–Crippen LogP) is 3.23. The Hall–Kier alpha value is -1.02. The van der Waals surface area contributed by atoms with Gasteiger partial charge in [-0.2, -0.15) is 0 Å². The molecule has 0 amide bonds. The molecule has 2 nitrogen and oxygen atoms in total.